The van der Waals surface area contributed by atoms with Gasteiger partial charge in [0.05, 0.1) is 17.7 Å². The second kappa shape index (κ2) is 6.64. The summed E-state index contributed by atoms with van der Waals surface area (Å²) in [5, 5.41) is 20.6. The molecule has 2 rings (SSSR count). The van der Waals surface area contributed by atoms with Crippen molar-refractivity contribution in [1.29, 1.82) is 0 Å². The zero-order valence-electron chi connectivity index (χ0n) is 11.8. The van der Waals surface area contributed by atoms with Crippen molar-refractivity contribution in [2.75, 3.05) is 17.2 Å². The Morgan fingerprint density at radius 2 is 2.19 bits per heavy atom. The van der Waals surface area contributed by atoms with Gasteiger partial charge in [0.1, 0.15) is 5.69 Å². The van der Waals surface area contributed by atoms with E-state index in [0.29, 0.717) is 23.9 Å². The van der Waals surface area contributed by atoms with E-state index in [9.17, 15) is 10.1 Å². The number of aromatic nitrogens is 3. The molecule has 0 bridgehead atoms. The zero-order chi connectivity index (χ0) is 15.2. The van der Waals surface area contributed by atoms with Crippen molar-refractivity contribution in [2.45, 2.75) is 26.8 Å². The zero-order valence-corrected chi connectivity index (χ0v) is 11.8. The third-order valence-electron chi connectivity index (χ3n) is 2.70. The Morgan fingerprint density at radius 1 is 1.38 bits per heavy atom. The molecular weight excluding hydrogens is 276 g/mol. The van der Waals surface area contributed by atoms with Gasteiger partial charge in [0, 0.05) is 12.6 Å². The van der Waals surface area contributed by atoms with Gasteiger partial charge in [-0.3, -0.25) is 10.1 Å². The highest BCUT2D eigenvalue weighted by Crippen LogP contribution is 2.26. The molecule has 0 amide bonds. The fourth-order valence-corrected chi connectivity index (χ4v) is 1.73. The quantitative estimate of drug-likeness (QED) is 0.588. The number of anilines is 2. The summed E-state index contributed by atoms with van der Waals surface area (Å²) in [7, 11) is 0. The fourth-order valence-electron chi connectivity index (χ4n) is 1.73. The molecule has 2 N–H and O–H groups in total. The topological polar surface area (TPSA) is 119 Å². The lowest BCUT2D eigenvalue weighted by atomic mass is 10.3. The summed E-state index contributed by atoms with van der Waals surface area (Å²) >= 11 is 0. The van der Waals surface area contributed by atoms with E-state index in [-0.39, 0.29) is 18.1 Å². The molecule has 0 atom stereocenters. The van der Waals surface area contributed by atoms with Crippen LogP contribution in [0.15, 0.2) is 16.8 Å². The second-order valence-corrected chi connectivity index (χ2v) is 4.35. The van der Waals surface area contributed by atoms with Crippen LogP contribution in [0.3, 0.4) is 0 Å². The van der Waals surface area contributed by atoms with E-state index in [1.54, 1.807) is 13.0 Å². The van der Waals surface area contributed by atoms with E-state index in [2.05, 4.69) is 25.8 Å². The van der Waals surface area contributed by atoms with Crippen molar-refractivity contribution in [1.82, 2.24) is 15.1 Å². The van der Waals surface area contributed by atoms with Crippen molar-refractivity contribution >= 4 is 17.5 Å². The standard InChI is InChI=1S/C12H16N6O3/c1-3-5-13-12-16-8(2)10(18(19)20)11(17-12)14-7-9-4-6-15-21-9/h4,6H,3,5,7H2,1-2H3,(H2,13,14,16,17). The predicted molar refractivity (Wildman–Crippen MR) is 76.0 cm³/mol. The Morgan fingerprint density at radius 3 is 2.81 bits per heavy atom. The minimum absolute atomic E-state index is 0.142. The number of nitro groups is 1. The van der Waals surface area contributed by atoms with E-state index in [1.165, 1.54) is 6.20 Å². The first-order valence-corrected chi connectivity index (χ1v) is 6.52. The molecule has 0 saturated heterocycles. The molecule has 0 spiro atoms. The highest BCUT2D eigenvalue weighted by Gasteiger charge is 2.22. The van der Waals surface area contributed by atoms with Crippen LogP contribution in [0.2, 0.25) is 0 Å². The summed E-state index contributed by atoms with van der Waals surface area (Å²) < 4.78 is 4.94. The minimum Gasteiger partial charge on any atom is -0.360 e. The smallest absolute Gasteiger partial charge is 0.332 e. The summed E-state index contributed by atoms with van der Waals surface area (Å²) in [5.41, 5.74) is 0.158. The Balaban J connectivity index is 2.25. The maximum Gasteiger partial charge on any atom is 0.332 e. The summed E-state index contributed by atoms with van der Waals surface area (Å²) in [6.45, 7) is 4.54. The third kappa shape index (κ3) is 3.65. The van der Waals surface area contributed by atoms with Gasteiger partial charge in [0.2, 0.25) is 11.8 Å². The Labute approximate surface area is 120 Å². The normalized spacial score (nSPS) is 10.4. The van der Waals surface area contributed by atoms with Crippen LogP contribution in [0.4, 0.5) is 17.5 Å². The van der Waals surface area contributed by atoms with Crippen LogP contribution in [0, 0.1) is 17.0 Å². The van der Waals surface area contributed by atoms with Crippen LogP contribution >= 0.6 is 0 Å². The molecule has 9 heteroatoms. The largest absolute Gasteiger partial charge is 0.360 e. The Kier molecular flexibility index (Phi) is 4.64. The molecule has 21 heavy (non-hydrogen) atoms. The SMILES string of the molecule is CCCNc1nc(C)c([N+](=O)[O-])c(NCc2ccno2)n1. The van der Waals surface area contributed by atoms with E-state index in [4.69, 9.17) is 4.52 Å². The highest BCUT2D eigenvalue weighted by atomic mass is 16.6. The summed E-state index contributed by atoms with van der Waals surface area (Å²) in [4.78, 5) is 18.9. The van der Waals surface area contributed by atoms with Gasteiger partial charge < -0.3 is 15.2 Å². The molecule has 0 aliphatic heterocycles. The molecule has 9 nitrogen and oxygen atoms in total. The summed E-state index contributed by atoms with van der Waals surface area (Å²) in [6.07, 6.45) is 2.41. The van der Waals surface area contributed by atoms with Gasteiger partial charge in [-0.25, -0.2) is 4.98 Å². The highest BCUT2D eigenvalue weighted by molar-refractivity contribution is 5.60. The van der Waals surface area contributed by atoms with Gasteiger partial charge in [-0.2, -0.15) is 4.98 Å². The van der Waals surface area contributed by atoms with Gasteiger partial charge >= 0.3 is 5.69 Å². The molecule has 0 unspecified atom stereocenters. The van der Waals surface area contributed by atoms with Gasteiger partial charge in [-0.15, -0.1) is 0 Å². The predicted octanol–water partition coefficient (Wildman–Crippen LogP) is 2.12. The molecule has 2 aromatic heterocycles. The summed E-state index contributed by atoms with van der Waals surface area (Å²) in [6, 6.07) is 1.67. The molecule has 0 aromatic carbocycles. The molecule has 112 valence electrons. The van der Waals surface area contributed by atoms with Crippen molar-refractivity contribution < 1.29 is 9.45 Å². The van der Waals surface area contributed by atoms with E-state index < -0.39 is 4.92 Å². The monoisotopic (exact) mass is 292 g/mol. The van der Waals surface area contributed by atoms with Crippen molar-refractivity contribution in [2.24, 2.45) is 0 Å². The van der Waals surface area contributed by atoms with Crippen LogP contribution in [0.1, 0.15) is 24.8 Å². The average molecular weight is 292 g/mol. The van der Waals surface area contributed by atoms with Crippen molar-refractivity contribution in [3.63, 3.8) is 0 Å². The van der Waals surface area contributed by atoms with Crippen molar-refractivity contribution in [3.8, 4) is 0 Å². The third-order valence-corrected chi connectivity index (χ3v) is 2.70. The molecule has 0 aliphatic rings. The lowest BCUT2D eigenvalue weighted by Gasteiger charge is -2.09. The van der Waals surface area contributed by atoms with Crippen LogP contribution in [0.25, 0.3) is 0 Å². The van der Waals surface area contributed by atoms with Crippen LogP contribution in [0.5, 0.6) is 0 Å². The molecule has 2 heterocycles. The van der Waals surface area contributed by atoms with Crippen LogP contribution < -0.4 is 10.6 Å². The van der Waals surface area contributed by atoms with Gasteiger partial charge in [-0.1, -0.05) is 12.1 Å². The number of nitrogens with one attached hydrogen (secondary N) is 2. The van der Waals surface area contributed by atoms with E-state index in [0.717, 1.165) is 6.42 Å². The second-order valence-electron chi connectivity index (χ2n) is 4.35. The van der Waals surface area contributed by atoms with Crippen LogP contribution in [-0.2, 0) is 6.54 Å². The number of hydrogen-bond donors (Lipinski definition) is 2. The first-order chi connectivity index (χ1) is 10.1. The maximum atomic E-state index is 11.2. The van der Waals surface area contributed by atoms with Gasteiger partial charge in [0.15, 0.2) is 5.76 Å². The van der Waals surface area contributed by atoms with Gasteiger partial charge in [0.25, 0.3) is 0 Å². The summed E-state index contributed by atoms with van der Waals surface area (Å²) in [5.74, 6) is 1.08. The number of rotatable bonds is 7. The Bertz CT molecular complexity index is 614. The van der Waals surface area contributed by atoms with E-state index >= 15 is 0 Å². The molecule has 0 aliphatic carbocycles. The molecule has 0 radical (unpaired) electrons. The van der Waals surface area contributed by atoms with Crippen LogP contribution in [-0.4, -0.2) is 26.6 Å². The lowest BCUT2D eigenvalue weighted by Crippen LogP contribution is -2.11. The van der Waals surface area contributed by atoms with E-state index in [1.807, 2.05) is 6.92 Å². The molecule has 2 aromatic rings. The molecular formula is C12H16N6O3. The molecule has 0 saturated carbocycles. The maximum absolute atomic E-state index is 11.2. The lowest BCUT2D eigenvalue weighted by molar-refractivity contribution is -0.385. The first kappa shape index (κ1) is 14.7. The Hall–Kier alpha value is -2.71. The average Bonchev–Trinajstić information content (AvgIpc) is 2.95. The van der Waals surface area contributed by atoms with Crippen molar-refractivity contribution in [3.05, 3.63) is 33.8 Å². The number of aryl methyl sites for hydroxylation is 1. The minimum atomic E-state index is -0.498. The number of hydrogen-bond acceptors (Lipinski definition) is 8. The fraction of sp³-hybridized carbons (Fsp3) is 0.417. The molecule has 0 fully saturated rings. The van der Waals surface area contributed by atoms with Gasteiger partial charge in [-0.05, 0) is 13.3 Å². The first-order valence-electron chi connectivity index (χ1n) is 6.52. The number of nitrogens with zero attached hydrogens (tertiary/aromatic N) is 4.